The molecule has 0 saturated heterocycles. The maximum atomic E-state index is 14.5. The average Bonchev–Trinajstić information content (AvgIpc) is 2.49. The van der Waals surface area contributed by atoms with Crippen LogP contribution in [-0.2, 0) is 6.54 Å². The zero-order valence-corrected chi connectivity index (χ0v) is 13.6. The standard InChI is InChI=1S/C17H16BrFN2/c1-12(2)21(11-13-6-4-3-5-7-13)15-9-8-14(10-20)16(18)17(15)19/h3-9,12H,11H2,1-2H3. The van der Waals surface area contributed by atoms with E-state index in [9.17, 15) is 4.39 Å². The first-order valence-corrected chi connectivity index (χ1v) is 7.52. The van der Waals surface area contributed by atoms with Crippen LogP contribution in [0.25, 0.3) is 0 Å². The molecule has 2 aromatic rings. The van der Waals surface area contributed by atoms with Crippen molar-refractivity contribution in [2.75, 3.05) is 4.90 Å². The van der Waals surface area contributed by atoms with Gasteiger partial charge in [0.2, 0.25) is 0 Å². The Morgan fingerprint density at radius 2 is 1.86 bits per heavy atom. The van der Waals surface area contributed by atoms with Gasteiger partial charge in [-0.25, -0.2) is 4.39 Å². The van der Waals surface area contributed by atoms with Gasteiger partial charge in [-0.1, -0.05) is 30.3 Å². The Morgan fingerprint density at radius 3 is 2.43 bits per heavy atom. The van der Waals surface area contributed by atoms with Gasteiger partial charge in [0.05, 0.1) is 15.7 Å². The van der Waals surface area contributed by atoms with E-state index in [2.05, 4.69) is 15.9 Å². The number of anilines is 1. The average molecular weight is 347 g/mol. The molecule has 0 atom stereocenters. The van der Waals surface area contributed by atoms with E-state index in [1.807, 2.05) is 55.1 Å². The van der Waals surface area contributed by atoms with Gasteiger partial charge in [-0.2, -0.15) is 5.26 Å². The molecule has 0 aliphatic carbocycles. The van der Waals surface area contributed by atoms with Crippen molar-refractivity contribution in [3.63, 3.8) is 0 Å². The van der Waals surface area contributed by atoms with Crippen molar-refractivity contribution in [2.24, 2.45) is 0 Å². The zero-order chi connectivity index (χ0) is 15.4. The number of nitrogens with zero attached hydrogens (tertiary/aromatic N) is 2. The molecule has 4 heteroatoms. The molecule has 0 N–H and O–H groups in total. The molecule has 0 unspecified atom stereocenters. The Labute approximate surface area is 132 Å². The van der Waals surface area contributed by atoms with E-state index < -0.39 is 5.82 Å². The minimum atomic E-state index is -0.390. The van der Waals surface area contributed by atoms with Crippen molar-refractivity contribution < 1.29 is 4.39 Å². The Balaban J connectivity index is 2.40. The van der Waals surface area contributed by atoms with E-state index in [1.165, 1.54) is 0 Å². The van der Waals surface area contributed by atoms with Gasteiger partial charge < -0.3 is 4.90 Å². The molecular weight excluding hydrogens is 331 g/mol. The predicted molar refractivity (Wildman–Crippen MR) is 86.6 cm³/mol. The van der Waals surface area contributed by atoms with Crippen LogP contribution < -0.4 is 4.90 Å². The molecule has 0 aromatic heterocycles. The first-order valence-electron chi connectivity index (χ1n) is 6.73. The lowest BCUT2D eigenvalue weighted by atomic mass is 10.1. The van der Waals surface area contributed by atoms with E-state index in [4.69, 9.17) is 5.26 Å². The van der Waals surface area contributed by atoms with Crippen molar-refractivity contribution in [3.8, 4) is 6.07 Å². The fourth-order valence-corrected chi connectivity index (χ4v) is 2.60. The lowest BCUT2D eigenvalue weighted by molar-refractivity contribution is 0.593. The van der Waals surface area contributed by atoms with Gasteiger partial charge >= 0.3 is 0 Å². The molecule has 0 heterocycles. The number of halogens is 2. The molecule has 0 aliphatic rings. The molecule has 0 bridgehead atoms. The van der Waals surface area contributed by atoms with Crippen LogP contribution in [0.5, 0.6) is 0 Å². The molecule has 2 aromatic carbocycles. The summed E-state index contributed by atoms with van der Waals surface area (Å²) >= 11 is 3.17. The highest BCUT2D eigenvalue weighted by Crippen LogP contribution is 2.31. The second-order valence-corrected chi connectivity index (χ2v) is 5.87. The molecule has 2 rings (SSSR count). The fourth-order valence-electron chi connectivity index (χ4n) is 2.17. The highest BCUT2D eigenvalue weighted by atomic mass is 79.9. The third-order valence-electron chi connectivity index (χ3n) is 3.31. The van der Waals surface area contributed by atoms with Gasteiger partial charge in [0, 0.05) is 12.6 Å². The summed E-state index contributed by atoms with van der Waals surface area (Å²) in [7, 11) is 0. The van der Waals surface area contributed by atoms with Crippen molar-refractivity contribution in [1.29, 1.82) is 5.26 Å². The Kier molecular flexibility index (Phi) is 4.98. The summed E-state index contributed by atoms with van der Waals surface area (Å²) in [5.74, 6) is -0.390. The number of hydrogen-bond acceptors (Lipinski definition) is 2. The minimum absolute atomic E-state index is 0.138. The highest BCUT2D eigenvalue weighted by Gasteiger charge is 2.19. The summed E-state index contributed by atoms with van der Waals surface area (Å²) < 4.78 is 14.7. The largest absolute Gasteiger partial charge is 0.362 e. The van der Waals surface area contributed by atoms with Crippen LogP contribution in [-0.4, -0.2) is 6.04 Å². The van der Waals surface area contributed by atoms with Gasteiger partial charge in [-0.05, 0) is 47.5 Å². The number of rotatable bonds is 4. The van der Waals surface area contributed by atoms with Crippen LogP contribution in [0.4, 0.5) is 10.1 Å². The predicted octanol–water partition coefficient (Wildman–Crippen LogP) is 4.87. The van der Waals surface area contributed by atoms with Crippen LogP contribution in [0, 0.1) is 17.1 Å². The summed E-state index contributed by atoms with van der Waals surface area (Å²) in [6, 6.07) is 15.4. The highest BCUT2D eigenvalue weighted by molar-refractivity contribution is 9.10. The SMILES string of the molecule is CC(C)N(Cc1ccccc1)c1ccc(C#N)c(Br)c1F. The number of hydrogen-bond donors (Lipinski definition) is 0. The van der Waals surface area contributed by atoms with E-state index in [-0.39, 0.29) is 10.5 Å². The Bertz CT molecular complexity index is 662. The third-order valence-corrected chi connectivity index (χ3v) is 4.09. The third kappa shape index (κ3) is 3.43. The van der Waals surface area contributed by atoms with Gasteiger partial charge in [0.1, 0.15) is 6.07 Å². The van der Waals surface area contributed by atoms with Crippen molar-refractivity contribution in [1.82, 2.24) is 0 Å². The Hall–Kier alpha value is -1.86. The second-order valence-electron chi connectivity index (χ2n) is 5.08. The molecule has 0 aliphatic heterocycles. The first kappa shape index (κ1) is 15.5. The maximum absolute atomic E-state index is 14.5. The summed E-state index contributed by atoms with van der Waals surface area (Å²) in [5.41, 5.74) is 1.92. The van der Waals surface area contributed by atoms with Crippen molar-refractivity contribution in [3.05, 3.63) is 63.9 Å². The van der Waals surface area contributed by atoms with Crippen LogP contribution in [0.2, 0.25) is 0 Å². The molecule has 0 radical (unpaired) electrons. The molecule has 21 heavy (non-hydrogen) atoms. The smallest absolute Gasteiger partial charge is 0.162 e. The normalized spacial score (nSPS) is 10.5. The monoisotopic (exact) mass is 346 g/mol. The van der Waals surface area contributed by atoms with E-state index >= 15 is 0 Å². The first-order chi connectivity index (χ1) is 10.0. The van der Waals surface area contributed by atoms with E-state index in [1.54, 1.807) is 12.1 Å². The quantitative estimate of drug-likeness (QED) is 0.789. The molecule has 0 amide bonds. The van der Waals surface area contributed by atoms with E-state index in [0.29, 0.717) is 17.8 Å². The summed E-state index contributed by atoms with van der Waals surface area (Å²) in [6.07, 6.45) is 0. The van der Waals surface area contributed by atoms with Crippen LogP contribution in [0.15, 0.2) is 46.9 Å². The van der Waals surface area contributed by atoms with Gasteiger partial charge in [-0.15, -0.1) is 0 Å². The molecular formula is C17H16BrFN2. The summed E-state index contributed by atoms with van der Waals surface area (Å²) in [5, 5.41) is 8.96. The Morgan fingerprint density at radius 1 is 1.19 bits per heavy atom. The maximum Gasteiger partial charge on any atom is 0.162 e. The van der Waals surface area contributed by atoms with Crippen LogP contribution in [0.1, 0.15) is 25.0 Å². The van der Waals surface area contributed by atoms with Crippen LogP contribution in [0.3, 0.4) is 0 Å². The van der Waals surface area contributed by atoms with Gasteiger partial charge in [-0.3, -0.25) is 0 Å². The molecule has 0 fully saturated rings. The number of benzene rings is 2. The lowest BCUT2D eigenvalue weighted by Gasteiger charge is -2.30. The van der Waals surface area contributed by atoms with E-state index in [0.717, 1.165) is 5.56 Å². The van der Waals surface area contributed by atoms with Crippen LogP contribution >= 0.6 is 15.9 Å². The molecule has 108 valence electrons. The number of nitriles is 1. The van der Waals surface area contributed by atoms with Crippen molar-refractivity contribution in [2.45, 2.75) is 26.4 Å². The summed E-state index contributed by atoms with van der Waals surface area (Å²) in [6.45, 7) is 4.66. The molecule has 0 spiro atoms. The zero-order valence-electron chi connectivity index (χ0n) is 12.0. The fraction of sp³-hybridized carbons (Fsp3) is 0.235. The summed E-state index contributed by atoms with van der Waals surface area (Å²) in [4.78, 5) is 1.98. The van der Waals surface area contributed by atoms with Gasteiger partial charge in [0.15, 0.2) is 5.82 Å². The molecule has 2 nitrogen and oxygen atoms in total. The molecule has 0 saturated carbocycles. The van der Waals surface area contributed by atoms with Crippen molar-refractivity contribution >= 4 is 21.6 Å². The lowest BCUT2D eigenvalue weighted by Crippen LogP contribution is -2.31. The van der Waals surface area contributed by atoms with Gasteiger partial charge in [0.25, 0.3) is 0 Å². The second kappa shape index (κ2) is 6.73. The topological polar surface area (TPSA) is 27.0 Å². The minimum Gasteiger partial charge on any atom is -0.362 e.